The minimum absolute atomic E-state index is 0. The number of likely N-dealkylation sites (tertiary alicyclic amines) is 1. The quantitative estimate of drug-likeness (QED) is 0.231. The maximum atomic E-state index is 2.54. The topological polar surface area (TPSA) is 3.24 Å². The maximum Gasteiger partial charge on any atom is 1.00 e. The molecule has 0 atom stereocenters. The minimum Gasteiger partial charge on any atom is -0.763 e. The van der Waals surface area contributed by atoms with Crippen molar-refractivity contribution in [1.82, 2.24) is 4.90 Å². The molecule has 2 saturated carbocycles. The van der Waals surface area contributed by atoms with Gasteiger partial charge in [0.2, 0.25) is 0 Å². The van der Waals surface area contributed by atoms with Crippen LogP contribution in [0.1, 0.15) is 91.9 Å². The van der Waals surface area contributed by atoms with Crippen LogP contribution in [0.4, 0.5) is 0 Å². The van der Waals surface area contributed by atoms with Crippen molar-refractivity contribution >= 4 is 0 Å². The summed E-state index contributed by atoms with van der Waals surface area (Å²) in [6.07, 6.45) is 16.8. The molecule has 3 aliphatic rings. The SMILES string of the molecule is CC(C)[CH-]C1C[CH-]N([CH-]C2CCC3(CC2)CCC(C(C)C)CC3)[CH-]C1.[Nd].[Rb+].[Rb+].[Rb+].[Ru+]. The van der Waals surface area contributed by atoms with E-state index in [1.165, 1.54) is 64.2 Å². The Hall–Kier alpha value is 7.35. The summed E-state index contributed by atoms with van der Waals surface area (Å²) in [5.41, 5.74) is 0.725. The van der Waals surface area contributed by atoms with Crippen LogP contribution in [-0.2, 0) is 19.5 Å². The average Bonchev–Trinajstić information content (AvgIpc) is 2.59. The molecule has 1 aliphatic heterocycles. The minimum atomic E-state index is 0. The van der Waals surface area contributed by atoms with Gasteiger partial charge in [0, 0.05) is 40.8 Å². The molecule has 0 aromatic rings. The fourth-order valence-electron chi connectivity index (χ4n) is 5.57. The Morgan fingerprint density at radius 2 is 1.27 bits per heavy atom. The van der Waals surface area contributed by atoms with Crippen molar-refractivity contribution < 1.29 is 235 Å². The van der Waals surface area contributed by atoms with E-state index in [-0.39, 0.29) is 235 Å². The zero-order valence-electron chi connectivity index (χ0n) is 21.1. The van der Waals surface area contributed by atoms with Crippen molar-refractivity contribution in [2.75, 3.05) is 0 Å². The number of nitrogens with zero attached hydrogens (tertiary/aromatic N) is 1. The summed E-state index contributed by atoms with van der Waals surface area (Å²) in [7, 11) is 0. The summed E-state index contributed by atoms with van der Waals surface area (Å²) in [5, 5.41) is 0. The monoisotopic (exact) mass is 842 g/mol. The van der Waals surface area contributed by atoms with Crippen molar-refractivity contribution in [3.05, 3.63) is 26.1 Å². The van der Waals surface area contributed by atoms with Gasteiger partial charge in [-0.05, 0) is 55.8 Å². The molecule has 0 aromatic carbocycles. The molecule has 0 bridgehead atoms. The van der Waals surface area contributed by atoms with Crippen molar-refractivity contribution in [3.63, 3.8) is 0 Å². The normalized spacial score (nSPS) is 29.8. The molecular formula is C24H41NNdRb3Ru. The van der Waals surface area contributed by atoms with Gasteiger partial charge in [-0.25, -0.2) is 5.92 Å². The van der Waals surface area contributed by atoms with E-state index in [4.69, 9.17) is 0 Å². The molecule has 1 heterocycles. The van der Waals surface area contributed by atoms with Crippen LogP contribution in [0.15, 0.2) is 0 Å². The standard InChI is InChI=1S/C24H41N.Nd.3Rb.Ru/c1-19(2)17-21-9-15-25(16-10-21)18-22-5-11-24(12-6-22)13-7-23(8-14-24)20(3)4;;;;;/h15-23H,5-14H2,1-4H3;;;;;/q-4;;4*+1. The first kappa shape index (κ1) is 41.8. The molecule has 30 heavy (non-hydrogen) atoms. The van der Waals surface area contributed by atoms with Crippen LogP contribution in [-0.4, -0.2) is 4.90 Å². The first-order chi connectivity index (χ1) is 12.0. The zero-order valence-corrected chi connectivity index (χ0v) is 40.8. The van der Waals surface area contributed by atoms with Crippen LogP contribution in [0.25, 0.3) is 0 Å². The Bertz CT molecular complexity index is 399. The van der Waals surface area contributed by atoms with Gasteiger partial charge in [0.05, 0.1) is 0 Å². The van der Waals surface area contributed by atoms with Crippen LogP contribution in [0.3, 0.4) is 0 Å². The van der Waals surface area contributed by atoms with Gasteiger partial charge < -0.3 is 31.0 Å². The van der Waals surface area contributed by atoms with Crippen molar-refractivity contribution in [2.24, 2.45) is 35.0 Å². The Labute approximate surface area is 382 Å². The summed E-state index contributed by atoms with van der Waals surface area (Å²) >= 11 is 0. The molecule has 6 heteroatoms. The number of hydrogen-bond donors (Lipinski definition) is 0. The summed E-state index contributed by atoms with van der Waals surface area (Å²) in [5.74, 6) is 4.18. The molecule has 1 nitrogen and oxygen atoms in total. The predicted octanol–water partition coefficient (Wildman–Crippen LogP) is -1.92. The number of hydrogen-bond acceptors (Lipinski definition) is 1. The molecule has 2 aliphatic carbocycles. The third-order valence-electron chi connectivity index (χ3n) is 7.40. The largest absolute Gasteiger partial charge is 1.00 e. The van der Waals surface area contributed by atoms with E-state index in [9.17, 15) is 0 Å². The maximum absolute atomic E-state index is 2.54. The van der Waals surface area contributed by atoms with E-state index < -0.39 is 0 Å². The van der Waals surface area contributed by atoms with E-state index in [1.54, 1.807) is 0 Å². The van der Waals surface area contributed by atoms with Gasteiger partial charge in [0.1, 0.15) is 0 Å². The van der Waals surface area contributed by atoms with Gasteiger partial charge in [0.15, 0.2) is 0 Å². The molecule has 0 amide bonds. The van der Waals surface area contributed by atoms with Gasteiger partial charge in [0.25, 0.3) is 0 Å². The van der Waals surface area contributed by atoms with Crippen LogP contribution in [0, 0.1) is 102 Å². The van der Waals surface area contributed by atoms with Crippen molar-refractivity contribution in [1.29, 1.82) is 0 Å². The van der Waals surface area contributed by atoms with Gasteiger partial charge in [-0.15, -0.1) is 0 Å². The number of piperidine rings is 1. The van der Waals surface area contributed by atoms with Crippen molar-refractivity contribution in [2.45, 2.75) is 91.9 Å². The molecule has 3 fully saturated rings. The second-order valence-electron chi connectivity index (χ2n) is 10.0. The fourth-order valence-corrected chi connectivity index (χ4v) is 5.57. The Morgan fingerprint density at radius 3 is 1.70 bits per heavy atom. The first-order valence-corrected chi connectivity index (χ1v) is 11.1. The second-order valence-corrected chi connectivity index (χ2v) is 10.0. The molecule has 0 N–H and O–H groups in total. The van der Waals surface area contributed by atoms with E-state index in [0.29, 0.717) is 5.92 Å². The van der Waals surface area contributed by atoms with E-state index in [1.807, 2.05) is 0 Å². The molecule has 3 rings (SSSR count). The molecule has 1 radical (unpaired) electrons. The third kappa shape index (κ3) is 14.7. The summed E-state index contributed by atoms with van der Waals surface area (Å²) in [6, 6.07) is 0. The molecular weight excluding hydrogens is 804 g/mol. The van der Waals surface area contributed by atoms with E-state index >= 15 is 0 Å². The summed E-state index contributed by atoms with van der Waals surface area (Å²) in [4.78, 5) is 2.42. The van der Waals surface area contributed by atoms with Gasteiger partial charge in [-0.1, -0.05) is 40.5 Å². The van der Waals surface area contributed by atoms with Gasteiger partial charge in [-0.2, -0.15) is 24.7 Å². The Morgan fingerprint density at radius 1 is 0.800 bits per heavy atom. The van der Waals surface area contributed by atoms with Gasteiger partial charge in [-0.3, -0.25) is 0 Å². The fraction of sp³-hybridized carbons (Fsp3) is 0.833. The zero-order chi connectivity index (χ0) is 17.9. The molecule has 0 aromatic heterocycles. The molecule has 0 unspecified atom stereocenters. The van der Waals surface area contributed by atoms with Crippen molar-refractivity contribution in [3.8, 4) is 0 Å². The molecule has 1 spiro atoms. The number of rotatable bonds is 5. The summed E-state index contributed by atoms with van der Waals surface area (Å²) in [6.45, 7) is 16.8. The van der Waals surface area contributed by atoms with Crippen LogP contribution >= 0.6 is 0 Å². The molecule has 1 saturated heterocycles. The molecule has 157 valence electrons. The van der Waals surface area contributed by atoms with E-state index in [0.717, 1.165) is 29.1 Å². The second kappa shape index (κ2) is 22.1. The average molecular weight is 845 g/mol. The van der Waals surface area contributed by atoms with Crippen LogP contribution < -0.4 is 175 Å². The van der Waals surface area contributed by atoms with E-state index in [2.05, 4.69) is 58.6 Å². The van der Waals surface area contributed by atoms with Crippen LogP contribution in [0.2, 0.25) is 0 Å². The smallest absolute Gasteiger partial charge is 0.763 e. The van der Waals surface area contributed by atoms with Crippen LogP contribution in [0.5, 0.6) is 0 Å². The predicted molar refractivity (Wildman–Crippen MR) is 108 cm³/mol. The Kier molecular flexibility index (Phi) is 30.8. The first-order valence-electron chi connectivity index (χ1n) is 11.1. The Balaban J connectivity index is -0.00000146. The summed E-state index contributed by atoms with van der Waals surface area (Å²) < 4.78 is 0. The third-order valence-corrected chi connectivity index (χ3v) is 7.40. The van der Waals surface area contributed by atoms with Gasteiger partial charge >= 0.3 is 194 Å².